The van der Waals surface area contributed by atoms with Crippen LogP contribution in [0.3, 0.4) is 0 Å². The van der Waals surface area contributed by atoms with Gasteiger partial charge in [-0.05, 0) is 42.5 Å². The SMILES string of the molecule is Cl.NCc1ccc(C(=O)NCCc2cnc(C3CC3)nc2)cc1. The number of carbonyl (C=O) groups excluding carboxylic acids is 1. The zero-order valence-corrected chi connectivity index (χ0v) is 13.7. The summed E-state index contributed by atoms with van der Waals surface area (Å²) < 4.78 is 0. The van der Waals surface area contributed by atoms with Gasteiger partial charge in [-0.1, -0.05) is 12.1 Å². The van der Waals surface area contributed by atoms with Crippen molar-refractivity contribution in [1.82, 2.24) is 15.3 Å². The summed E-state index contributed by atoms with van der Waals surface area (Å²) in [6, 6.07) is 7.34. The first kappa shape index (κ1) is 17.4. The van der Waals surface area contributed by atoms with Crippen LogP contribution in [-0.4, -0.2) is 22.4 Å². The standard InChI is InChI=1S/C17H20N4O.ClH/c18-9-12-1-3-15(4-2-12)17(22)19-8-7-13-10-20-16(21-11-13)14-5-6-14;/h1-4,10-11,14H,5-9,18H2,(H,19,22);1H. The zero-order valence-electron chi connectivity index (χ0n) is 12.9. The summed E-state index contributed by atoms with van der Waals surface area (Å²) in [6.45, 7) is 1.06. The molecule has 1 aliphatic rings. The van der Waals surface area contributed by atoms with Crippen LogP contribution < -0.4 is 11.1 Å². The molecule has 0 radical (unpaired) electrons. The van der Waals surface area contributed by atoms with Gasteiger partial charge in [0.15, 0.2) is 0 Å². The number of nitrogens with two attached hydrogens (primary N) is 1. The fraction of sp³-hybridized carbons (Fsp3) is 0.353. The summed E-state index contributed by atoms with van der Waals surface area (Å²) in [4.78, 5) is 20.8. The molecule has 5 nitrogen and oxygen atoms in total. The molecule has 1 aromatic carbocycles. The van der Waals surface area contributed by atoms with Crippen molar-refractivity contribution < 1.29 is 4.79 Å². The number of benzene rings is 1. The highest BCUT2D eigenvalue weighted by molar-refractivity contribution is 5.94. The quantitative estimate of drug-likeness (QED) is 0.849. The van der Waals surface area contributed by atoms with E-state index in [-0.39, 0.29) is 18.3 Å². The van der Waals surface area contributed by atoms with Gasteiger partial charge in [-0.2, -0.15) is 0 Å². The summed E-state index contributed by atoms with van der Waals surface area (Å²) >= 11 is 0. The lowest BCUT2D eigenvalue weighted by atomic mass is 10.1. The Labute approximate surface area is 142 Å². The van der Waals surface area contributed by atoms with Crippen LogP contribution in [0.1, 0.15) is 46.1 Å². The minimum absolute atomic E-state index is 0. The first-order chi connectivity index (χ1) is 10.8. The Morgan fingerprint density at radius 3 is 2.35 bits per heavy atom. The van der Waals surface area contributed by atoms with Gasteiger partial charge in [-0.15, -0.1) is 12.4 Å². The van der Waals surface area contributed by atoms with E-state index in [4.69, 9.17) is 5.73 Å². The third-order valence-corrected chi connectivity index (χ3v) is 3.82. The van der Waals surface area contributed by atoms with Crippen LogP contribution in [0.2, 0.25) is 0 Å². The lowest BCUT2D eigenvalue weighted by Gasteiger charge is -2.06. The molecule has 0 aliphatic heterocycles. The maximum atomic E-state index is 12.0. The second-order valence-corrected chi connectivity index (χ2v) is 5.63. The number of hydrogen-bond donors (Lipinski definition) is 2. The Kier molecular flexibility index (Phi) is 6.07. The number of rotatable bonds is 6. The number of carbonyl (C=O) groups is 1. The van der Waals surface area contributed by atoms with Crippen molar-refractivity contribution in [2.24, 2.45) is 5.73 Å². The molecular weight excluding hydrogens is 312 g/mol. The number of hydrogen-bond acceptors (Lipinski definition) is 4. The van der Waals surface area contributed by atoms with E-state index in [0.717, 1.165) is 23.4 Å². The van der Waals surface area contributed by atoms with Crippen molar-refractivity contribution in [3.05, 3.63) is 59.2 Å². The molecule has 122 valence electrons. The van der Waals surface area contributed by atoms with E-state index in [1.807, 2.05) is 24.5 Å². The predicted molar refractivity (Wildman–Crippen MR) is 91.6 cm³/mol. The van der Waals surface area contributed by atoms with E-state index in [9.17, 15) is 4.79 Å². The average Bonchev–Trinajstić information content (AvgIpc) is 3.40. The maximum absolute atomic E-state index is 12.0. The van der Waals surface area contributed by atoms with Crippen LogP contribution in [0, 0.1) is 0 Å². The van der Waals surface area contributed by atoms with Gasteiger partial charge in [0.05, 0.1) is 0 Å². The lowest BCUT2D eigenvalue weighted by Crippen LogP contribution is -2.25. The van der Waals surface area contributed by atoms with Gasteiger partial charge < -0.3 is 11.1 Å². The molecule has 1 saturated carbocycles. The summed E-state index contributed by atoms with van der Waals surface area (Å²) in [7, 11) is 0. The van der Waals surface area contributed by atoms with Crippen molar-refractivity contribution in [3.63, 3.8) is 0 Å². The van der Waals surface area contributed by atoms with E-state index >= 15 is 0 Å². The van der Waals surface area contributed by atoms with Crippen molar-refractivity contribution in [2.75, 3.05) is 6.54 Å². The Morgan fingerprint density at radius 1 is 1.13 bits per heavy atom. The van der Waals surface area contributed by atoms with E-state index in [2.05, 4.69) is 15.3 Å². The van der Waals surface area contributed by atoms with Crippen LogP contribution >= 0.6 is 12.4 Å². The zero-order chi connectivity index (χ0) is 15.4. The number of nitrogens with zero attached hydrogens (tertiary/aromatic N) is 2. The van der Waals surface area contributed by atoms with Gasteiger partial charge in [0.1, 0.15) is 5.82 Å². The topological polar surface area (TPSA) is 80.9 Å². The molecule has 1 heterocycles. The molecule has 0 spiro atoms. The number of halogens is 1. The van der Waals surface area contributed by atoms with Gasteiger partial charge in [-0.3, -0.25) is 4.79 Å². The fourth-order valence-corrected chi connectivity index (χ4v) is 2.26. The molecule has 3 N–H and O–H groups in total. The van der Waals surface area contributed by atoms with Gasteiger partial charge in [-0.25, -0.2) is 9.97 Å². The van der Waals surface area contributed by atoms with Crippen molar-refractivity contribution in [2.45, 2.75) is 31.7 Å². The molecule has 3 rings (SSSR count). The van der Waals surface area contributed by atoms with Gasteiger partial charge in [0.25, 0.3) is 5.91 Å². The summed E-state index contributed by atoms with van der Waals surface area (Å²) in [5.41, 5.74) is 8.25. The maximum Gasteiger partial charge on any atom is 0.251 e. The molecule has 1 amide bonds. The first-order valence-corrected chi connectivity index (χ1v) is 7.64. The molecule has 0 unspecified atom stereocenters. The van der Waals surface area contributed by atoms with Crippen LogP contribution in [0.15, 0.2) is 36.7 Å². The van der Waals surface area contributed by atoms with Gasteiger partial charge in [0.2, 0.25) is 0 Å². The van der Waals surface area contributed by atoms with Crippen LogP contribution in [0.25, 0.3) is 0 Å². The third kappa shape index (κ3) is 4.74. The molecule has 0 bridgehead atoms. The smallest absolute Gasteiger partial charge is 0.251 e. The summed E-state index contributed by atoms with van der Waals surface area (Å²) in [6.07, 6.45) is 6.87. The Bertz CT molecular complexity index is 639. The Morgan fingerprint density at radius 2 is 1.78 bits per heavy atom. The average molecular weight is 333 g/mol. The molecule has 0 saturated heterocycles. The highest BCUT2D eigenvalue weighted by Crippen LogP contribution is 2.37. The van der Waals surface area contributed by atoms with Crippen LogP contribution in [-0.2, 0) is 13.0 Å². The summed E-state index contributed by atoms with van der Waals surface area (Å²) in [5.74, 6) is 1.46. The Balaban J connectivity index is 0.00000192. The minimum atomic E-state index is -0.0703. The summed E-state index contributed by atoms with van der Waals surface area (Å²) in [5, 5.41) is 2.91. The second kappa shape index (κ2) is 8.04. The normalized spacial score (nSPS) is 13.3. The molecule has 1 aromatic heterocycles. The fourth-order valence-electron chi connectivity index (χ4n) is 2.26. The molecule has 0 atom stereocenters. The number of amides is 1. The monoisotopic (exact) mass is 332 g/mol. The Hall–Kier alpha value is -1.98. The molecule has 2 aromatic rings. The molecule has 6 heteroatoms. The first-order valence-electron chi connectivity index (χ1n) is 7.64. The lowest BCUT2D eigenvalue weighted by molar-refractivity contribution is 0.0954. The molecular formula is C17H21ClN4O. The van der Waals surface area contributed by atoms with Crippen LogP contribution in [0.4, 0.5) is 0 Å². The number of aromatic nitrogens is 2. The predicted octanol–water partition coefficient (Wildman–Crippen LogP) is 2.21. The number of nitrogens with one attached hydrogen (secondary N) is 1. The van der Waals surface area contributed by atoms with Crippen LogP contribution in [0.5, 0.6) is 0 Å². The van der Waals surface area contributed by atoms with E-state index in [1.54, 1.807) is 12.1 Å². The molecule has 1 aliphatic carbocycles. The van der Waals surface area contributed by atoms with Crippen molar-refractivity contribution in [3.8, 4) is 0 Å². The van der Waals surface area contributed by atoms with E-state index < -0.39 is 0 Å². The third-order valence-electron chi connectivity index (χ3n) is 3.82. The molecule has 1 fully saturated rings. The molecule has 23 heavy (non-hydrogen) atoms. The van der Waals surface area contributed by atoms with Crippen molar-refractivity contribution >= 4 is 18.3 Å². The van der Waals surface area contributed by atoms with Gasteiger partial charge in [0, 0.05) is 37.0 Å². The van der Waals surface area contributed by atoms with Gasteiger partial charge >= 0.3 is 0 Å². The highest BCUT2D eigenvalue weighted by Gasteiger charge is 2.25. The highest BCUT2D eigenvalue weighted by atomic mass is 35.5. The largest absolute Gasteiger partial charge is 0.352 e. The van der Waals surface area contributed by atoms with Crippen molar-refractivity contribution in [1.29, 1.82) is 0 Å². The second-order valence-electron chi connectivity index (χ2n) is 5.63. The minimum Gasteiger partial charge on any atom is -0.352 e. The van der Waals surface area contributed by atoms with E-state index in [0.29, 0.717) is 24.6 Å². The van der Waals surface area contributed by atoms with E-state index in [1.165, 1.54) is 12.8 Å².